The Morgan fingerprint density at radius 2 is 1.91 bits per heavy atom. The Kier molecular flexibility index (Phi) is 6.74. The number of halogens is 1. The summed E-state index contributed by atoms with van der Waals surface area (Å²) in [6.07, 6.45) is 1.60. The number of nitro groups is 1. The number of esters is 1. The summed E-state index contributed by atoms with van der Waals surface area (Å²) in [6, 6.07) is 17.2. The minimum Gasteiger partial charge on any atom is -0.493 e. The average Bonchev–Trinajstić information content (AvgIpc) is 3.18. The van der Waals surface area contributed by atoms with Gasteiger partial charge in [0.25, 0.3) is 5.69 Å². The van der Waals surface area contributed by atoms with E-state index in [4.69, 9.17) is 14.2 Å². The smallest absolute Gasteiger partial charge is 0.363 e. The Bertz CT molecular complexity index is 1330. The van der Waals surface area contributed by atoms with Gasteiger partial charge in [0.15, 0.2) is 17.2 Å². The topological polar surface area (TPSA) is 100 Å². The van der Waals surface area contributed by atoms with E-state index in [0.29, 0.717) is 32.7 Å². The molecule has 0 N–H and O–H groups in total. The molecule has 0 unspecified atom stereocenters. The van der Waals surface area contributed by atoms with Crippen molar-refractivity contribution in [1.82, 2.24) is 0 Å². The second-order valence-corrected chi connectivity index (χ2v) is 8.31. The molecule has 4 rings (SSSR count). The Hall–Kier alpha value is -3.98. The van der Waals surface area contributed by atoms with Gasteiger partial charge in [-0.05, 0) is 64.3 Å². The van der Waals surface area contributed by atoms with Crippen LogP contribution in [0.3, 0.4) is 0 Å². The molecular formula is C25H19BrN2O6. The quantitative estimate of drug-likeness (QED) is 0.173. The Morgan fingerprint density at radius 3 is 2.62 bits per heavy atom. The number of aliphatic imine (C=N–C) groups is 1. The van der Waals surface area contributed by atoms with E-state index < -0.39 is 10.9 Å². The maximum Gasteiger partial charge on any atom is 0.363 e. The van der Waals surface area contributed by atoms with Crippen molar-refractivity contribution in [2.75, 3.05) is 7.11 Å². The molecule has 0 spiro atoms. The van der Waals surface area contributed by atoms with Crippen molar-refractivity contribution >= 4 is 39.6 Å². The molecule has 0 fully saturated rings. The molecule has 0 saturated heterocycles. The number of carbonyl (C=O) groups is 1. The Labute approximate surface area is 203 Å². The maximum atomic E-state index is 12.3. The number of non-ortho nitro benzene ring substituents is 1. The highest BCUT2D eigenvalue weighted by atomic mass is 79.9. The van der Waals surface area contributed by atoms with Gasteiger partial charge in [0.2, 0.25) is 5.90 Å². The molecule has 34 heavy (non-hydrogen) atoms. The number of methoxy groups -OCH3 is 1. The van der Waals surface area contributed by atoms with E-state index in [0.717, 1.165) is 5.56 Å². The van der Waals surface area contributed by atoms with Crippen LogP contribution in [0.4, 0.5) is 5.69 Å². The number of hydrogen-bond donors (Lipinski definition) is 0. The van der Waals surface area contributed by atoms with E-state index in [2.05, 4.69) is 20.9 Å². The third-order valence-corrected chi connectivity index (χ3v) is 5.57. The Balaban J connectivity index is 1.57. The third-order valence-electron chi connectivity index (χ3n) is 4.98. The molecule has 0 amide bonds. The first-order valence-corrected chi connectivity index (χ1v) is 11.0. The van der Waals surface area contributed by atoms with Crippen molar-refractivity contribution in [3.63, 3.8) is 0 Å². The monoisotopic (exact) mass is 522 g/mol. The lowest BCUT2D eigenvalue weighted by molar-refractivity contribution is -0.384. The number of hydrogen-bond acceptors (Lipinski definition) is 7. The van der Waals surface area contributed by atoms with E-state index in [1.165, 1.54) is 19.2 Å². The summed E-state index contributed by atoms with van der Waals surface area (Å²) in [5, 5.41) is 11.0. The van der Waals surface area contributed by atoms with Gasteiger partial charge >= 0.3 is 5.97 Å². The highest BCUT2D eigenvalue weighted by molar-refractivity contribution is 9.10. The van der Waals surface area contributed by atoms with Gasteiger partial charge in [-0.1, -0.05) is 29.8 Å². The largest absolute Gasteiger partial charge is 0.493 e. The number of rotatable bonds is 7. The zero-order chi connectivity index (χ0) is 24.2. The van der Waals surface area contributed by atoms with Gasteiger partial charge in [-0.3, -0.25) is 10.1 Å². The summed E-state index contributed by atoms with van der Waals surface area (Å²) in [5.41, 5.74) is 3.24. The predicted molar refractivity (Wildman–Crippen MR) is 130 cm³/mol. The average molecular weight is 523 g/mol. The second-order valence-electron chi connectivity index (χ2n) is 7.45. The lowest BCUT2D eigenvalue weighted by Crippen LogP contribution is -2.05. The van der Waals surface area contributed by atoms with Crippen LogP contribution in [0.1, 0.15) is 22.3 Å². The van der Waals surface area contributed by atoms with E-state index in [1.54, 1.807) is 30.3 Å². The number of ether oxygens (including phenoxy) is 3. The third kappa shape index (κ3) is 5.15. The molecule has 0 bridgehead atoms. The molecule has 1 aliphatic heterocycles. The van der Waals surface area contributed by atoms with Crippen LogP contribution in [0.15, 0.2) is 75.8 Å². The molecular weight excluding hydrogens is 504 g/mol. The van der Waals surface area contributed by atoms with Gasteiger partial charge in [-0.25, -0.2) is 9.79 Å². The lowest BCUT2D eigenvalue weighted by Gasteiger charge is -2.13. The van der Waals surface area contributed by atoms with Crippen LogP contribution in [0, 0.1) is 17.0 Å². The molecule has 1 aliphatic rings. The van der Waals surface area contributed by atoms with Crippen LogP contribution >= 0.6 is 15.9 Å². The van der Waals surface area contributed by atoms with Crippen molar-refractivity contribution in [3.05, 3.63) is 103 Å². The van der Waals surface area contributed by atoms with E-state index in [-0.39, 0.29) is 23.9 Å². The number of benzene rings is 3. The van der Waals surface area contributed by atoms with Crippen molar-refractivity contribution in [1.29, 1.82) is 0 Å². The fraction of sp³-hybridized carbons (Fsp3) is 0.120. The number of nitrogens with zero attached hydrogens (tertiary/aromatic N) is 2. The maximum absolute atomic E-state index is 12.3. The normalized spacial score (nSPS) is 14.0. The summed E-state index contributed by atoms with van der Waals surface area (Å²) in [7, 11) is 1.50. The summed E-state index contributed by atoms with van der Waals surface area (Å²) in [5.74, 6) is 0.547. The fourth-order valence-corrected chi connectivity index (χ4v) is 3.84. The van der Waals surface area contributed by atoms with Gasteiger partial charge in [0, 0.05) is 17.7 Å². The predicted octanol–water partition coefficient (Wildman–Crippen LogP) is 5.60. The standard InChI is InChI=1S/C25H19BrN2O6/c1-15-6-8-18(9-7-15)24-27-21(25(29)34-24)12-17-11-20(26)23(22(13-17)32-2)33-14-16-4-3-5-19(10-16)28(30)31/h3-13H,14H2,1-2H3/b21-12-. The van der Waals surface area contributed by atoms with Crippen LogP contribution in [0.25, 0.3) is 6.08 Å². The Morgan fingerprint density at radius 1 is 1.15 bits per heavy atom. The van der Waals surface area contributed by atoms with Gasteiger partial charge in [-0.15, -0.1) is 0 Å². The number of nitro benzene ring substituents is 1. The molecule has 9 heteroatoms. The molecule has 0 saturated carbocycles. The molecule has 0 aromatic heterocycles. The van der Waals surface area contributed by atoms with E-state index >= 15 is 0 Å². The van der Waals surface area contributed by atoms with Crippen LogP contribution in [0.5, 0.6) is 11.5 Å². The van der Waals surface area contributed by atoms with Crippen molar-refractivity contribution in [2.24, 2.45) is 4.99 Å². The molecule has 0 radical (unpaired) electrons. The zero-order valence-corrected chi connectivity index (χ0v) is 19.9. The van der Waals surface area contributed by atoms with Gasteiger partial charge < -0.3 is 14.2 Å². The van der Waals surface area contributed by atoms with Gasteiger partial charge in [-0.2, -0.15) is 0 Å². The highest BCUT2D eigenvalue weighted by Crippen LogP contribution is 2.38. The number of aryl methyl sites for hydroxylation is 1. The SMILES string of the molecule is COc1cc(/C=C2\N=C(c3ccc(C)cc3)OC2=O)cc(Br)c1OCc1cccc([N+](=O)[O-])c1. The highest BCUT2D eigenvalue weighted by Gasteiger charge is 2.24. The molecule has 0 aliphatic carbocycles. The second kappa shape index (κ2) is 9.88. The molecule has 3 aromatic carbocycles. The first-order chi connectivity index (χ1) is 16.3. The van der Waals surface area contributed by atoms with Crippen LogP contribution in [0.2, 0.25) is 0 Å². The van der Waals surface area contributed by atoms with Crippen molar-refractivity contribution < 1.29 is 23.9 Å². The van der Waals surface area contributed by atoms with E-state index in [9.17, 15) is 14.9 Å². The first kappa shape index (κ1) is 23.2. The lowest BCUT2D eigenvalue weighted by atomic mass is 10.1. The fourth-order valence-electron chi connectivity index (χ4n) is 3.27. The number of cyclic esters (lactones) is 1. The minimum atomic E-state index is -0.545. The summed E-state index contributed by atoms with van der Waals surface area (Å²) >= 11 is 3.48. The number of carbonyl (C=O) groups excluding carboxylic acids is 1. The summed E-state index contributed by atoms with van der Waals surface area (Å²) < 4.78 is 17.2. The minimum absolute atomic E-state index is 0.0110. The summed E-state index contributed by atoms with van der Waals surface area (Å²) in [4.78, 5) is 27.2. The molecule has 1 heterocycles. The van der Waals surface area contributed by atoms with Gasteiger partial charge in [0.05, 0.1) is 16.5 Å². The molecule has 8 nitrogen and oxygen atoms in total. The first-order valence-electron chi connectivity index (χ1n) is 10.2. The molecule has 172 valence electrons. The van der Waals surface area contributed by atoms with Crippen LogP contribution in [-0.2, 0) is 16.1 Å². The van der Waals surface area contributed by atoms with E-state index in [1.807, 2.05) is 31.2 Å². The van der Waals surface area contributed by atoms with Crippen LogP contribution in [-0.4, -0.2) is 23.9 Å². The van der Waals surface area contributed by atoms with Crippen molar-refractivity contribution in [2.45, 2.75) is 13.5 Å². The zero-order valence-electron chi connectivity index (χ0n) is 18.3. The molecule has 0 atom stereocenters. The molecule has 3 aromatic rings. The van der Waals surface area contributed by atoms with Crippen molar-refractivity contribution in [3.8, 4) is 11.5 Å². The van der Waals surface area contributed by atoms with Gasteiger partial charge in [0.1, 0.15) is 6.61 Å². The van der Waals surface area contributed by atoms with Crippen LogP contribution < -0.4 is 9.47 Å². The summed E-state index contributed by atoms with van der Waals surface area (Å²) in [6.45, 7) is 2.08.